The second-order valence-corrected chi connectivity index (χ2v) is 25.8. The molecule has 0 spiro atoms. The molecule has 279 valence electrons. The molecule has 0 unspecified atom stereocenters. The van der Waals surface area contributed by atoms with Gasteiger partial charge in [-0.2, -0.15) is 0 Å². The minimum atomic E-state index is -2.35. The van der Waals surface area contributed by atoms with E-state index in [1.165, 1.54) is 10.6 Å². The molecule has 0 aliphatic heterocycles. The van der Waals surface area contributed by atoms with Gasteiger partial charge >= 0.3 is 156 Å². The standard InChI is InChI=1S/C27H22NO.C23H26GeN.Ir/c1-17(2)24-15-25(28-16-18(24)3)23-11-7-10-22-21-13-12-20(14-26(21)29-27(22)23)19-8-5-4-6-9-19;1-17(2)21-13-11-19(15-22(21)18-9-7-6-8-10-18)23-14-12-20(16-25-23)24(3,4)5;/h4-10,12-17H,1-3H3;6-10,12-17H,1-5H3;/q2*-1;/i3D3,17D;17D;. The molecule has 3 heterocycles. The molecule has 1 radical (unpaired) electrons. The summed E-state index contributed by atoms with van der Waals surface area (Å²) in [5.74, 6) is 5.34. The third kappa shape index (κ3) is 8.78. The third-order valence-electron chi connectivity index (χ3n) is 9.72. The van der Waals surface area contributed by atoms with Gasteiger partial charge in [-0.1, -0.05) is 73.3 Å². The maximum absolute atomic E-state index is 8.51. The Kier molecular flexibility index (Phi) is 10.4. The third-order valence-corrected chi connectivity index (χ3v) is 14.0. The van der Waals surface area contributed by atoms with Crippen molar-refractivity contribution in [2.45, 2.75) is 63.6 Å². The first kappa shape index (κ1) is 33.7. The van der Waals surface area contributed by atoms with E-state index in [1.807, 2.05) is 80.7 Å². The van der Waals surface area contributed by atoms with E-state index in [4.69, 9.17) is 16.3 Å². The molecular formula is C50H48GeIrN2O-2. The number of aromatic nitrogens is 2. The average molecular weight is 963 g/mol. The average Bonchev–Trinajstić information content (AvgIpc) is 3.58. The van der Waals surface area contributed by atoms with Crippen molar-refractivity contribution in [2.24, 2.45) is 0 Å². The van der Waals surface area contributed by atoms with Crippen LogP contribution in [0.3, 0.4) is 0 Å². The molecule has 0 N–H and O–H groups in total. The molecule has 0 fully saturated rings. The Balaban J connectivity index is 0.000000204. The van der Waals surface area contributed by atoms with Crippen molar-refractivity contribution >= 4 is 39.6 Å². The van der Waals surface area contributed by atoms with Crippen LogP contribution in [0.5, 0.6) is 0 Å². The molecule has 0 aliphatic rings. The zero-order valence-electron chi connectivity index (χ0n) is 37.3. The first-order valence-electron chi connectivity index (χ1n) is 20.8. The van der Waals surface area contributed by atoms with E-state index in [9.17, 15) is 0 Å². The first-order chi connectivity index (χ1) is 27.8. The van der Waals surface area contributed by atoms with Gasteiger partial charge in [0.1, 0.15) is 5.58 Å². The summed E-state index contributed by atoms with van der Waals surface area (Å²) < 4.78 is 48.2. The maximum atomic E-state index is 8.51. The van der Waals surface area contributed by atoms with Gasteiger partial charge < -0.3 is 9.40 Å². The Labute approximate surface area is 350 Å². The molecule has 0 saturated heterocycles. The quantitative estimate of drug-likeness (QED) is 0.118. The summed E-state index contributed by atoms with van der Waals surface area (Å²) in [6, 6.07) is 47.0. The van der Waals surface area contributed by atoms with Crippen LogP contribution < -0.4 is 4.40 Å². The molecule has 8 aromatic rings. The van der Waals surface area contributed by atoms with E-state index >= 15 is 0 Å². The van der Waals surface area contributed by atoms with Crippen molar-refractivity contribution in [1.82, 2.24) is 9.97 Å². The summed E-state index contributed by atoms with van der Waals surface area (Å²) in [7, 11) is 0. The number of fused-ring (bicyclic) bond motifs is 3. The molecule has 0 saturated carbocycles. The first-order valence-corrected chi connectivity index (χ1v) is 25.7. The van der Waals surface area contributed by atoms with E-state index in [0.717, 1.165) is 55.4 Å². The zero-order chi connectivity index (χ0) is 42.3. The Morgan fingerprint density at radius 2 is 1.36 bits per heavy atom. The normalized spacial score (nSPS) is 13.4. The van der Waals surface area contributed by atoms with Crippen LogP contribution in [0, 0.1) is 19.0 Å². The van der Waals surface area contributed by atoms with Crippen LogP contribution in [0.2, 0.25) is 17.3 Å². The second kappa shape index (κ2) is 17.0. The van der Waals surface area contributed by atoms with Gasteiger partial charge in [0.2, 0.25) is 0 Å². The SMILES string of the molecule is [2H]C(C)(C)c1c[c-]c(-c2cc[c]([Ge]([CH3])([CH3])[CH3])cn2)cc1-c1ccccc1.[2H]C([2H])([2H])c1cnc(-c2[c-]ccc3c2oc2cc(-c4ccccc4)ccc23)cc1C([2H])(C)C.[Ir]. The smallest absolute Gasteiger partial charge is 0.121 e. The molecular weight excluding hydrogens is 909 g/mol. The number of furan rings is 1. The fraction of sp³-hybridized carbons (Fsp3) is 0.200. The van der Waals surface area contributed by atoms with Gasteiger partial charge in [-0.15, -0.1) is 18.2 Å². The van der Waals surface area contributed by atoms with Crippen LogP contribution in [-0.4, -0.2) is 23.2 Å². The van der Waals surface area contributed by atoms with Crippen LogP contribution in [0.15, 0.2) is 138 Å². The van der Waals surface area contributed by atoms with Crippen LogP contribution in [0.25, 0.3) is 66.7 Å². The van der Waals surface area contributed by atoms with Gasteiger partial charge in [0.15, 0.2) is 0 Å². The van der Waals surface area contributed by atoms with Gasteiger partial charge in [-0.05, 0) is 46.8 Å². The van der Waals surface area contributed by atoms with Crippen molar-refractivity contribution in [3.63, 3.8) is 0 Å². The molecule has 3 aromatic heterocycles. The predicted molar refractivity (Wildman–Crippen MR) is 231 cm³/mol. The number of aryl methyl sites for hydroxylation is 1. The molecule has 5 aromatic carbocycles. The van der Waals surface area contributed by atoms with E-state index in [2.05, 4.69) is 89.0 Å². The molecule has 5 heteroatoms. The number of rotatable bonds is 7. The Morgan fingerprint density at radius 1 is 0.673 bits per heavy atom. The Hall–Kier alpha value is -4.61. The summed E-state index contributed by atoms with van der Waals surface area (Å²) in [6.07, 6.45) is 3.39. The molecule has 0 atom stereocenters. The van der Waals surface area contributed by atoms with E-state index in [1.54, 1.807) is 19.9 Å². The number of hydrogen-bond donors (Lipinski definition) is 0. The van der Waals surface area contributed by atoms with Gasteiger partial charge in [-0.3, -0.25) is 0 Å². The van der Waals surface area contributed by atoms with Gasteiger partial charge in [0.05, 0.1) is 5.58 Å². The van der Waals surface area contributed by atoms with Crippen molar-refractivity contribution < 1.29 is 31.4 Å². The van der Waals surface area contributed by atoms with Crippen molar-refractivity contribution in [3.05, 3.63) is 163 Å². The molecule has 8 rings (SSSR count). The van der Waals surface area contributed by atoms with Gasteiger partial charge in [0.25, 0.3) is 0 Å². The maximum Gasteiger partial charge on any atom is 0.121 e. The predicted octanol–water partition coefficient (Wildman–Crippen LogP) is 13.4. The molecule has 0 bridgehead atoms. The summed E-state index contributed by atoms with van der Waals surface area (Å²) in [4.78, 5) is 9.15. The van der Waals surface area contributed by atoms with E-state index in [-0.39, 0.29) is 25.7 Å². The number of nitrogens with zero attached hydrogens (tertiary/aromatic N) is 2. The fourth-order valence-corrected chi connectivity index (χ4v) is 8.83. The zero-order valence-corrected chi connectivity index (χ0v) is 36.8. The summed E-state index contributed by atoms with van der Waals surface area (Å²) >= 11 is -1.86. The number of pyridine rings is 2. The fourth-order valence-electron chi connectivity index (χ4n) is 6.65. The summed E-state index contributed by atoms with van der Waals surface area (Å²) in [6.45, 7) is 4.85. The van der Waals surface area contributed by atoms with Crippen LogP contribution in [-0.2, 0) is 20.1 Å². The minimum absolute atomic E-state index is 0. The van der Waals surface area contributed by atoms with Crippen LogP contribution in [0.4, 0.5) is 0 Å². The number of benzene rings is 5. The second-order valence-electron chi connectivity index (χ2n) is 15.1. The van der Waals surface area contributed by atoms with E-state index in [0.29, 0.717) is 22.4 Å². The Morgan fingerprint density at radius 3 is 2.00 bits per heavy atom. The molecule has 0 aliphatic carbocycles. The topological polar surface area (TPSA) is 38.9 Å². The van der Waals surface area contributed by atoms with Crippen molar-refractivity contribution in [2.75, 3.05) is 0 Å². The van der Waals surface area contributed by atoms with Gasteiger partial charge in [0, 0.05) is 37.2 Å². The number of hydrogen-bond acceptors (Lipinski definition) is 3. The van der Waals surface area contributed by atoms with Crippen molar-refractivity contribution in [3.8, 4) is 44.8 Å². The minimum Gasteiger partial charge on any atom is -0.501 e. The van der Waals surface area contributed by atoms with Crippen LogP contribution in [0.1, 0.15) is 63.0 Å². The van der Waals surface area contributed by atoms with E-state index < -0.39 is 31.9 Å². The van der Waals surface area contributed by atoms with Gasteiger partial charge in [-0.25, -0.2) is 0 Å². The van der Waals surface area contributed by atoms with Crippen LogP contribution >= 0.6 is 0 Å². The molecule has 3 nitrogen and oxygen atoms in total. The van der Waals surface area contributed by atoms with Crippen molar-refractivity contribution in [1.29, 1.82) is 0 Å². The largest absolute Gasteiger partial charge is 0.501 e. The molecule has 55 heavy (non-hydrogen) atoms. The monoisotopic (exact) mass is 964 g/mol. The summed E-state index contributed by atoms with van der Waals surface area (Å²) in [5.41, 5.74) is 10.4. The molecule has 0 amide bonds. The Bertz CT molecular complexity index is 2750. The summed E-state index contributed by atoms with van der Waals surface area (Å²) in [5, 5.41) is 1.92.